The first-order chi connectivity index (χ1) is 6.43. The van der Waals surface area contributed by atoms with E-state index in [-0.39, 0.29) is 0 Å². The average Bonchev–Trinajstić information content (AvgIpc) is 2.63. The number of hydrogen-bond donors (Lipinski definition) is 1. The van der Waals surface area contributed by atoms with E-state index in [1.807, 2.05) is 0 Å². The van der Waals surface area contributed by atoms with E-state index in [0.717, 1.165) is 6.04 Å². The van der Waals surface area contributed by atoms with Gasteiger partial charge in [0.1, 0.15) is 0 Å². The summed E-state index contributed by atoms with van der Waals surface area (Å²) in [5.41, 5.74) is 0. The van der Waals surface area contributed by atoms with Crippen molar-refractivity contribution in [3.05, 3.63) is 12.2 Å². The van der Waals surface area contributed by atoms with E-state index in [9.17, 15) is 0 Å². The third kappa shape index (κ3) is 5.09. The number of hydrogen-bond acceptors (Lipinski definition) is 1. The van der Waals surface area contributed by atoms with Gasteiger partial charge in [0.05, 0.1) is 0 Å². The van der Waals surface area contributed by atoms with Gasteiger partial charge >= 0.3 is 0 Å². The molecule has 0 saturated carbocycles. The van der Waals surface area contributed by atoms with Gasteiger partial charge in [0.15, 0.2) is 0 Å². The van der Waals surface area contributed by atoms with Crippen LogP contribution in [0.4, 0.5) is 0 Å². The summed E-state index contributed by atoms with van der Waals surface area (Å²) in [6.07, 6.45) is 14.0. The minimum absolute atomic E-state index is 0.756. The summed E-state index contributed by atoms with van der Waals surface area (Å²) in [5.74, 6) is 0. The largest absolute Gasteiger partial charge is 0.313 e. The van der Waals surface area contributed by atoms with E-state index in [2.05, 4.69) is 24.4 Å². The molecule has 0 aromatic rings. The van der Waals surface area contributed by atoms with Crippen molar-refractivity contribution >= 4 is 0 Å². The summed E-state index contributed by atoms with van der Waals surface area (Å²) in [4.78, 5) is 0. The van der Waals surface area contributed by atoms with Crippen molar-refractivity contribution in [2.45, 2.75) is 57.9 Å². The SMILES string of the molecule is CCCCCCCNC1CC=CC1. The molecule has 1 heteroatoms. The molecule has 0 heterocycles. The van der Waals surface area contributed by atoms with Crippen LogP contribution in [0.2, 0.25) is 0 Å². The second kappa shape index (κ2) is 7.14. The van der Waals surface area contributed by atoms with Crippen LogP contribution in [0.3, 0.4) is 0 Å². The fraction of sp³-hybridized carbons (Fsp3) is 0.833. The van der Waals surface area contributed by atoms with Crippen LogP contribution >= 0.6 is 0 Å². The first-order valence-corrected chi connectivity index (χ1v) is 5.82. The molecular formula is C12H23N. The van der Waals surface area contributed by atoms with Crippen molar-refractivity contribution in [1.82, 2.24) is 5.32 Å². The highest BCUT2D eigenvalue weighted by atomic mass is 14.9. The third-order valence-corrected chi connectivity index (χ3v) is 2.72. The molecule has 76 valence electrons. The molecule has 0 amide bonds. The highest BCUT2D eigenvalue weighted by Crippen LogP contribution is 2.09. The van der Waals surface area contributed by atoms with E-state index in [0.29, 0.717) is 0 Å². The first kappa shape index (κ1) is 10.8. The molecule has 0 atom stereocenters. The van der Waals surface area contributed by atoms with E-state index in [1.54, 1.807) is 0 Å². The first-order valence-electron chi connectivity index (χ1n) is 5.82. The Hall–Kier alpha value is -0.300. The molecular weight excluding hydrogens is 158 g/mol. The van der Waals surface area contributed by atoms with Crippen molar-refractivity contribution in [2.75, 3.05) is 6.54 Å². The molecule has 0 fully saturated rings. The lowest BCUT2D eigenvalue weighted by molar-refractivity contribution is 0.509. The molecule has 0 aromatic carbocycles. The van der Waals surface area contributed by atoms with Crippen LogP contribution in [-0.4, -0.2) is 12.6 Å². The number of unbranched alkanes of at least 4 members (excludes halogenated alkanes) is 4. The fourth-order valence-electron chi connectivity index (χ4n) is 1.82. The van der Waals surface area contributed by atoms with Gasteiger partial charge in [-0.1, -0.05) is 44.8 Å². The summed E-state index contributed by atoms with van der Waals surface area (Å²) in [6.45, 7) is 3.48. The maximum absolute atomic E-state index is 3.60. The van der Waals surface area contributed by atoms with E-state index < -0.39 is 0 Å². The highest BCUT2D eigenvalue weighted by Gasteiger charge is 2.07. The van der Waals surface area contributed by atoms with Crippen LogP contribution in [0.5, 0.6) is 0 Å². The predicted molar refractivity (Wildman–Crippen MR) is 58.9 cm³/mol. The van der Waals surface area contributed by atoms with E-state index in [1.165, 1.54) is 51.5 Å². The van der Waals surface area contributed by atoms with Gasteiger partial charge in [0, 0.05) is 6.04 Å². The molecule has 0 saturated heterocycles. The quantitative estimate of drug-likeness (QED) is 0.469. The van der Waals surface area contributed by atoms with Crippen LogP contribution < -0.4 is 5.32 Å². The lowest BCUT2D eigenvalue weighted by atomic mass is 10.1. The second-order valence-corrected chi connectivity index (χ2v) is 4.01. The average molecular weight is 181 g/mol. The minimum Gasteiger partial charge on any atom is -0.313 e. The van der Waals surface area contributed by atoms with Gasteiger partial charge in [0.25, 0.3) is 0 Å². The number of rotatable bonds is 7. The van der Waals surface area contributed by atoms with Crippen LogP contribution in [0.25, 0.3) is 0 Å². The Morgan fingerprint density at radius 3 is 2.46 bits per heavy atom. The minimum atomic E-state index is 0.756. The molecule has 0 unspecified atom stereocenters. The monoisotopic (exact) mass is 181 g/mol. The van der Waals surface area contributed by atoms with Crippen molar-refractivity contribution in [3.8, 4) is 0 Å². The van der Waals surface area contributed by atoms with Gasteiger partial charge in [-0.3, -0.25) is 0 Å². The molecule has 0 radical (unpaired) electrons. The summed E-state index contributed by atoms with van der Waals surface area (Å²) in [7, 11) is 0. The Balaban J connectivity index is 1.78. The van der Waals surface area contributed by atoms with Crippen molar-refractivity contribution < 1.29 is 0 Å². The fourth-order valence-corrected chi connectivity index (χ4v) is 1.82. The van der Waals surface area contributed by atoms with Gasteiger partial charge in [0.2, 0.25) is 0 Å². The highest BCUT2D eigenvalue weighted by molar-refractivity contribution is 4.97. The smallest absolute Gasteiger partial charge is 0.0136 e. The van der Waals surface area contributed by atoms with Crippen molar-refractivity contribution in [3.63, 3.8) is 0 Å². The molecule has 0 aliphatic heterocycles. The van der Waals surface area contributed by atoms with Gasteiger partial charge in [-0.25, -0.2) is 0 Å². The molecule has 0 bridgehead atoms. The van der Waals surface area contributed by atoms with Crippen LogP contribution in [0, 0.1) is 0 Å². The molecule has 1 aliphatic rings. The Bertz CT molecular complexity index is 132. The topological polar surface area (TPSA) is 12.0 Å². The maximum atomic E-state index is 3.60. The molecule has 1 N–H and O–H groups in total. The molecule has 1 aliphatic carbocycles. The normalized spacial score (nSPS) is 17.0. The van der Waals surface area contributed by atoms with E-state index in [4.69, 9.17) is 0 Å². The molecule has 13 heavy (non-hydrogen) atoms. The van der Waals surface area contributed by atoms with Crippen molar-refractivity contribution in [2.24, 2.45) is 0 Å². The summed E-state index contributed by atoms with van der Waals surface area (Å²) in [5, 5.41) is 3.60. The summed E-state index contributed by atoms with van der Waals surface area (Å²) >= 11 is 0. The zero-order valence-corrected chi connectivity index (χ0v) is 8.89. The molecule has 1 rings (SSSR count). The van der Waals surface area contributed by atoms with Gasteiger partial charge in [-0.2, -0.15) is 0 Å². The van der Waals surface area contributed by atoms with Crippen molar-refractivity contribution in [1.29, 1.82) is 0 Å². The third-order valence-electron chi connectivity index (χ3n) is 2.72. The Morgan fingerprint density at radius 2 is 1.77 bits per heavy atom. The maximum Gasteiger partial charge on any atom is 0.0136 e. The Morgan fingerprint density at radius 1 is 1.08 bits per heavy atom. The lowest BCUT2D eigenvalue weighted by Gasteiger charge is -2.11. The van der Waals surface area contributed by atoms with Gasteiger partial charge < -0.3 is 5.32 Å². The zero-order valence-electron chi connectivity index (χ0n) is 8.89. The van der Waals surface area contributed by atoms with Crippen LogP contribution in [0.1, 0.15) is 51.9 Å². The van der Waals surface area contributed by atoms with Gasteiger partial charge in [-0.15, -0.1) is 0 Å². The summed E-state index contributed by atoms with van der Waals surface area (Å²) < 4.78 is 0. The van der Waals surface area contributed by atoms with Gasteiger partial charge in [-0.05, 0) is 25.8 Å². The number of nitrogens with one attached hydrogen (secondary N) is 1. The van der Waals surface area contributed by atoms with E-state index >= 15 is 0 Å². The zero-order chi connectivity index (χ0) is 9.36. The second-order valence-electron chi connectivity index (χ2n) is 4.01. The molecule has 0 spiro atoms. The summed E-state index contributed by atoms with van der Waals surface area (Å²) in [6, 6.07) is 0.756. The predicted octanol–water partition coefficient (Wildman–Crippen LogP) is 3.27. The van der Waals surface area contributed by atoms with Crippen LogP contribution in [-0.2, 0) is 0 Å². The molecule has 0 aromatic heterocycles. The lowest BCUT2D eigenvalue weighted by Crippen LogP contribution is -2.27. The Labute approximate surface area is 82.6 Å². The standard InChI is InChI=1S/C12H23N/c1-2-3-4-5-8-11-13-12-9-6-7-10-12/h6-7,12-13H,2-5,8-11H2,1H3. The Kier molecular flexibility index (Phi) is 5.92. The van der Waals surface area contributed by atoms with Crippen LogP contribution in [0.15, 0.2) is 12.2 Å². The molecule has 1 nitrogen and oxygen atoms in total.